The summed E-state index contributed by atoms with van der Waals surface area (Å²) in [7, 11) is -0.754. The van der Waals surface area contributed by atoms with Crippen LogP contribution in [0.15, 0.2) is 34.2 Å². The third kappa shape index (κ3) is 3.56. The number of anilines is 1. The third-order valence-corrected chi connectivity index (χ3v) is 6.83. The van der Waals surface area contributed by atoms with Crippen LogP contribution in [0.25, 0.3) is 11.0 Å². The Bertz CT molecular complexity index is 1120. The summed E-state index contributed by atoms with van der Waals surface area (Å²) in [6, 6.07) is 3.23. The molecule has 4 rings (SSSR count). The monoisotopic (exact) mass is 419 g/mol. The van der Waals surface area contributed by atoms with Gasteiger partial charge in [-0.15, -0.1) is 0 Å². The summed E-state index contributed by atoms with van der Waals surface area (Å²) in [5.74, 6) is 0.0366. The number of nitrogens with one attached hydrogen (secondary N) is 1. The Kier molecular flexibility index (Phi) is 4.96. The van der Waals surface area contributed by atoms with Gasteiger partial charge in [-0.2, -0.15) is 0 Å². The van der Waals surface area contributed by atoms with Gasteiger partial charge in [0, 0.05) is 52.2 Å². The Hall–Kier alpha value is -2.99. The lowest BCUT2D eigenvalue weighted by Gasteiger charge is -2.36. The maximum atomic E-state index is 12.5. The van der Waals surface area contributed by atoms with Crippen LogP contribution in [0.4, 0.5) is 5.69 Å². The highest BCUT2D eigenvalue weighted by molar-refractivity contribution is 7.89. The van der Waals surface area contributed by atoms with Gasteiger partial charge in [0.1, 0.15) is 4.90 Å². The Morgan fingerprint density at radius 2 is 1.90 bits per heavy atom. The van der Waals surface area contributed by atoms with Crippen LogP contribution in [0.5, 0.6) is 0 Å². The zero-order valence-corrected chi connectivity index (χ0v) is 16.9. The minimum absolute atomic E-state index is 0.0366. The number of carbonyl (C=O) groups excluding carboxylic acids is 1. The van der Waals surface area contributed by atoms with Crippen LogP contribution in [-0.4, -0.2) is 84.1 Å². The molecule has 0 atom stereocenters. The molecule has 0 aliphatic carbocycles. The second-order valence-corrected chi connectivity index (χ2v) is 9.07. The molecular weight excluding hydrogens is 398 g/mol. The van der Waals surface area contributed by atoms with Crippen molar-refractivity contribution in [3.05, 3.63) is 30.4 Å². The minimum Gasteiger partial charge on any atom is -0.366 e. The number of hydrogen-bond acceptors (Lipinski definition) is 8. The lowest BCUT2D eigenvalue weighted by atomic mass is 10.2. The number of amides is 1. The summed E-state index contributed by atoms with van der Waals surface area (Å²) < 4.78 is 31.0. The summed E-state index contributed by atoms with van der Waals surface area (Å²) in [6.07, 6.45) is 3.48. The number of sulfonamides is 1. The molecule has 1 aliphatic rings. The molecule has 2 aromatic heterocycles. The van der Waals surface area contributed by atoms with E-state index < -0.39 is 10.0 Å². The largest absolute Gasteiger partial charge is 0.366 e. The number of aromatic amines is 1. The predicted octanol–water partition coefficient (Wildman–Crippen LogP) is 0.0875. The number of nitrogens with zero attached hydrogens (tertiary/aromatic N) is 6. The fourth-order valence-corrected chi connectivity index (χ4v) is 4.36. The molecule has 154 valence electrons. The Balaban J connectivity index is 1.52. The van der Waals surface area contributed by atoms with Crippen molar-refractivity contribution in [1.82, 2.24) is 29.5 Å². The number of fused-ring (bicyclic) bond motifs is 1. The predicted molar refractivity (Wildman–Crippen MR) is 104 cm³/mol. The van der Waals surface area contributed by atoms with E-state index in [1.165, 1.54) is 20.2 Å². The number of piperazine rings is 1. The summed E-state index contributed by atoms with van der Waals surface area (Å²) in [5, 5.41) is 7.74. The van der Waals surface area contributed by atoms with E-state index in [2.05, 4.69) is 25.2 Å². The van der Waals surface area contributed by atoms with Crippen LogP contribution in [0.2, 0.25) is 0 Å². The van der Waals surface area contributed by atoms with Crippen molar-refractivity contribution in [2.75, 3.05) is 45.2 Å². The Morgan fingerprint density at radius 3 is 2.55 bits per heavy atom. The van der Waals surface area contributed by atoms with E-state index in [0.717, 1.165) is 15.7 Å². The normalized spacial score (nSPS) is 15.4. The SMILES string of the molecule is CN(C)S(=O)(=O)c1ccc(N2CCN(C(=O)Cc3cnc[nH]3)CC2)c2nonc12. The van der Waals surface area contributed by atoms with Gasteiger partial charge in [-0.1, -0.05) is 0 Å². The van der Waals surface area contributed by atoms with Gasteiger partial charge < -0.3 is 14.8 Å². The molecular formula is C17H21N7O4S. The van der Waals surface area contributed by atoms with Gasteiger partial charge in [0.25, 0.3) is 0 Å². The first-order valence-electron chi connectivity index (χ1n) is 9.05. The number of H-pyrrole nitrogens is 1. The number of benzene rings is 1. The van der Waals surface area contributed by atoms with Crippen molar-refractivity contribution in [1.29, 1.82) is 0 Å². The van der Waals surface area contributed by atoms with Crippen LogP contribution >= 0.6 is 0 Å². The summed E-state index contributed by atoms with van der Waals surface area (Å²) in [6.45, 7) is 2.29. The first-order chi connectivity index (χ1) is 13.9. The van der Waals surface area contributed by atoms with Crippen LogP contribution in [0.3, 0.4) is 0 Å². The molecule has 29 heavy (non-hydrogen) atoms. The quantitative estimate of drug-likeness (QED) is 0.616. The van der Waals surface area contributed by atoms with Crippen LogP contribution < -0.4 is 4.90 Å². The first-order valence-corrected chi connectivity index (χ1v) is 10.5. The van der Waals surface area contributed by atoms with Crippen molar-refractivity contribution in [2.45, 2.75) is 11.3 Å². The topological polar surface area (TPSA) is 129 Å². The van der Waals surface area contributed by atoms with Crippen molar-refractivity contribution in [3.63, 3.8) is 0 Å². The second-order valence-electron chi connectivity index (χ2n) is 6.95. The third-order valence-electron chi connectivity index (χ3n) is 4.99. The van der Waals surface area contributed by atoms with E-state index in [1.54, 1.807) is 23.5 Å². The number of aromatic nitrogens is 4. The van der Waals surface area contributed by atoms with Gasteiger partial charge in [0.05, 0.1) is 18.4 Å². The molecule has 1 aromatic carbocycles. The van der Waals surface area contributed by atoms with E-state index in [-0.39, 0.29) is 22.7 Å². The molecule has 0 bridgehead atoms. The van der Waals surface area contributed by atoms with Gasteiger partial charge >= 0.3 is 0 Å². The number of carbonyl (C=O) groups is 1. The van der Waals surface area contributed by atoms with Gasteiger partial charge in [-0.25, -0.2) is 22.3 Å². The van der Waals surface area contributed by atoms with Crippen molar-refractivity contribution >= 4 is 32.7 Å². The smallest absolute Gasteiger partial charge is 0.244 e. The van der Waals surface area contributed by atoms with Crippen molar-refractivity contribution < 1.29 is 17.8 Å². The Morgan fingerprint density at radius 1 is 1.17 bits per heavy atom. The molecule has 1 saturated heterocycles. The fraction of sp³-hybridized carbons (Fsp3) is 0.412. The zero-order valence-electron chi connectivity index (χ0n) is 16.1. The first kappa shape index (κ1) is 19.3. The number of hydrogen-bond donors (Lipinski definition) is 1. The van der Waals surface area contributed by atoms with Crippen molar-refractivity contribution in [3.8, 4) is 0 Å². The average molecular weight is 419 g/mol. The highest BCUT2D eigenvalue weighted by atomic mass is 32.2. The molecule has 11 nitrogen and oxygen atoms in total. The minimum atomic E-state index is -3.67. The number of rotatable bonds is 5. The molecule has 1 aliphatic heterocycles. The van der Waals surface area contributed by atoms with E-state index in [4.69, 9.17) is 4.63 Å². The second kappa shape index (κ2) is 7.44. The van der Waals surface area contributed by atoms with Crippen LogP contribution in [0, 0.1) is 0 Å². The molecule has 3 heterocycles. The van der Waals surface area contributed by atoms with E-state index in [0.29, 0.717) is 31.7 Å². The van der Waals surface area contributed by atoms with E-state index in [1.807, 2.05) is 0 Å². The molecule has 0 radical (unpaired) electrons. The maximum Gasteiger partial charge on any atom is 0.244 e. The average Bonchev–Trinajstić information content (AvgIpc) is 3.39. The molecule has 0 saturated carbocycles. The lowest BCUT2D eigenvalue weighted by molar-refractivity contribution is -0.130. The standard InChI is InChI=1S/C17H21N7O4S/c1-22(2)29(26,27)14-4-3-13(16-17(14)21-28-20-16)23-5-7-24(8-6-23)15(25)9-12-10-18-11-19-12/h3-4,10-11H,5-9H2,1-2H3,(H,18,19). The fourth-order valence-electron chi connectivity index (χ4n) is 3.34. The highest BCUT2D eigenvalue weighted by Crippen LogP contribution is 2.31. The molecule has 1 fully saturated rings. The van der Waals surface area contributed by atoms with Gasteiger partial charge in [-0.3, -0.25) is 4.79 Å². The summed E-state index contributed by atoms with van der Waals surface area (Å²) in [4.78, 5) is 23.2. The summed E-state index contributed by atoms with van der Waals surface area (Å²) >= 11 is 0. The number of imidazole rings is 1. The van der Waals surface area contributed by atoms with Crippen LogP contribution in [0.1, 0.15) is 5.69 Å². The molecule has 1 N–H and O–H groups in total. The molecule has 3 aromatic rings. The zero-order chi connectivity index (χ0) is 20.6. The lowest BCUT2D eigenvalue weighted by Crippen LogP contribution is -2.49. The van der Waals surface area contributed by atoms with Gasteiger partial charge in [0.15, 0.2) is 11.0 Å². The maximum absolute atomic E-state index is 12.5. The molecule has 1 amide bonds. The molecule has 0 spiro atoms. The van der Waals surface area contributed by atoms with E-state index >= 15 is 0 Å². The highest BCUT2D eigenvalue weighted by Gasteiger charge is 2.28. The van der Waals surface area contributed by atoms with Gasteiger partial charge in [-0.05, 0) is 22.4 Å². The molecule has 0 unspecified atom stereocenters. The molecule has 12 heteroatoms. The van der Waals surface area contributed by atoms with Crippen LogP contribution in [-0.2, 0) is 21.2 Å². The Labute approximate surface area is 167 Å². The van der Waals surface area contributed by atoms with Crippen molar-refractivity contribution in [2.24, 2.45) is 0 Å². The summed E-state index contributed by atoms with van der Waals surface area (Å²) in [5.41, 5.74) is 2.12. The van der Waals surface area contributed by atoms with Gasteiger partial charge in [0.2, 0.25) is 15.9 Å². The van der Waals surface area contributed by atoms with E-state index in [9.17, 15) is 13.2 Å².